The van der Waals surface area contributed by atoms with Crippen molar-refractivity contribution in [3.05, 3.63) is 65.1 Å². The maximum atomic E-state index is 14.0. The molecule has 1 atom stereocenters. The second-order valence-corrected chi connectivity index (χ2v) is 12.7. The van der Waals surface area contributed by atoms with Crippen molar-refractivity contribution in [1.29, 1.82) is 0 Å². The van der Waals surface area contributed by atoms with Gasteiger partial charge in [0.1, 0.15) is 23.2 Å². The van der Waals surface area contributed by atoms with Gasteiger partial charge >= 0.3 is 0 Å². The summed E-state index contributed by atoms with van der Waals surface area (Å²) in [4.78, 5) is 9.05. The molecule has 2 N–H and O–H groups in total. The lowest BCUT2D eigenvalue weighted by Crippen LogP contribution is -2.43. The molecule has 3 heterocycles. The number of methoxy groups -OCH3 is 1. The van der Waals surface area contributed by atoms with Crippen LogP contribution in [0.15, 0.2) is 41.4 Å². The number of rotatable bonds is 12. The van der Waals surface area contributed by atoms with Gasteiger partial charge in [0.05, 0.1) is 36.8 Å². The minimum atomic E-state index is -0.925. The Morgan fingerprint density at radius 3 is 2.44 bits per heavy atom. The van der Waals surface area contributed by atoms with E-state index in [9.17, 15) is 23.4 Å². The molecule has 0 spiro atoms. The Bertz CT molecular complexity index is 1360. The Labute approximate surface area is 255 Å². The lowest BCUT2D eigenvalue weighted by Gasteiger charge is -2.41. The Balaban J connectivity index is 1.22. The van der Waals surface area contributed by atoms with Crippen molar-refractivity contribution in [1.82, 2.24) is 14.8 Å². The minimum Gasteiger partial charge on any atom is -0.497 e. The number of halogens is 3. The summed E-state index contributed by atoms with van der Waals surface area (Å²) in [5.41, 5.74) is 2.32. The van der Waals surface area contributed by atoms with Crippen LogP contribution in [-0.4, -0.2) is 90.4 Å². The van der Waals surface area contributed by atoms with E-state index in [1.807, 2.05) is 24.4 Å². The van der Waals surface area contributed by atoms with Gasteiger partial charge in [0, 0.05) is 62.3 Å². The molecule has 2 aliphatic rings. The van der Waals surface area contributed by atoms with Crippen LogP contribution in [0, 0.1) is 22.9 Å². The smallest absolute Gasteiger partial charge is 0.142 e. The number of likely N-dealkylation sites (tertiary alicyclic amines) is 1. The van der Waals surface area contributed by atoms with Crippen molar-refractivity contribution < 1.29 is 32.9 Å². The molecular weight excluding hydrogens is 579 g/mol. The Kier molecular flexibility index (Phi) is 10.8. The van der Waals surface area contributed by atoms with E-state index in [4.69, 9.17) is 9.47 Å². The van der Waals surface area contributed by atoms with Gasteiger partial charge < -0.3 is 24.6 Å². The number of hydrogen-bond acceptors (Lipinski definition) is 8. The molecule has 0 bridgehead atoms. The summed E-state index contributed by atoms with van der Waals surface area (Å²) >= 11 is 1.05. The predicted molar refractivity (Wildman–Crippen MR) is 161 cm³/mol. The van der Waals surface area contributed by atoms with Crippen LogP contribution in [0.25, 0.3) is 10.9 Å². The van der Waals surface area contributed by atoms with Gasteiger partial charge in [-0.3, -0.25) is 9.88 Å². The lowest BCUT2D eigenvalue weighted by atomic mass is 9.74. The Morgan fingerprint density at radius 2 is 1.77 bits per heavy atom. The standard InChI is InChI=1S/C32H40F3N3O4S/c1-41-24-2-3-28-25(18-24)30(22(19-36-28)20-38-10-13-42-14-11-38)29(40)4-5-32(21-39)6-8-37(9-7-32)12-15-43-31-26(34)16-23(33)17-27(31)35/h2-3,16-19,29,39-40H,4-15,20-21H2,1H3/t29-/m0/s1. The monoisotopic (exact) mass is 619 g/mol. The molecule has 2 aliphatic heterocycles. The van der Waals surface area contributed by atoms with Gasteiger partial charge in [-0.15, -0.1) is 11.8 Å². The zero-order valence-corrected chi connectivity index (χ0v) is 25.4. The fourth-order valence-electron chi connectivity index (χ4n) is 6.15. The largest absolute Gasteiger partial charge is 0.497 e. The number of fused-ring (bicyclic) bond motifs is 1. The first kappa shape index (κ1) is 32.0. The number of pyridine rings is 1. The van der Waals surface area contributed by atoms with Crippen molar-refractivity contribution in [2.45, 2.75) is 43.2 Å². The molecule has 0 radical (unpaired) electrons. The fraction of sp³-hybridized carbons (Fsp3) is 0.531. The first-order valence-electron chi connectivity index (χ1n) is 14.8. The third-order valence-corrected chi connectivity index (χ3v) is 9.91. The molecule has 43 heavy (non-hydrogen) atoms. The third kappa shape index (κ3) is 7.82. The van der Waals surface area contributed by atoms with Crippen LogP contribution in [0.1, 0.15) is 42.9 Å². The van der Waals surface area contributed by atoms with Gasteiger partial charge in [-0.1, -0.05) is 0 Å². The normalized spacial score (nSPS) is 18.7. The number of ether oxygens (including phenoxy) is 2. The number of nitrogens with zero attached hydrogens (tertiary/aromatic N) is 3. The fourth-order valence-corrected chi connectivity index (χ4v) is 7.10. The van der Waals surface area contributed by atoms with Gasteiger partial charge in [-0.2, -0.15) is 0 Å². The first-order chi connectivity index (χ1) is 20.8. The molecule has 3 aromatic rings. The highest BCUT2D eigenvalue weighted by Gasteiger charge is 2.35. The molecule has 5 rings (SSSR count). The average Bonchev–Trinajstić information content (AvgIpc) is 3.02. The quantitative estimate of drug-likeness (QED) is 0.269. The number of aliphatic hydroxyl groups excluding tert-OH is 2. The van der Waals surface area contributed by atoms with Gasteiger partial charge in [0.25, 0.3) is 0 Å². The molecule has 0 saturated carbocycles. The minimum absolute atomic E-state index is 0.0276. The number of aliphatic hydroxyl groups is 2. The number of morpholine rings is 1. The average molecular weight is 620 g/mol. The maximum Gasteiger partial charge on any atom is 0.142 e. The van der Waals surface area contributed by atoms with Crippen molar-refractivity contribution in [2.75, 3.05) is 65.4 Å². The second-order valence-electron chi connectivity index (χ2n) is 11.6. The zero-order valence-electron chi connectivity index (χ0n) is 24.5. The lowest BCUT2D eigenvalue weighted by molar-refractivity contribution is 0.0245. The Hall–Kier alpha value is -2.41. The molecule has 234 valence electrons. The van der Waals surface area contributed by atoms with E-state index < -0.39 is 23.6 Å². The summed E-state index contributed by atoms with van der Waals surface area (Å²) < 4.78 is 52.2. The highest BCUT2D eigenvalue weighted by Crippen LogP contribution is 2.40. The number of benzene rings is 2. The third-order valence-electron chi connectivity index (χ3n) is 8.85. The molecule has 2 saturated heterocycles. The van der Waals surface area contributed by atoms with Gasteiger partial charge in [0.2, 0.25) is 0 Å². The molecule has 2 aromatic carbocycles. The summed E-state index contributed by atoms with van der Waals surface area (Å²) in [7, 11) is 1.62. The van der Waals surface area contributed by atoms with E-state index in [0.717, 1.165) is 72.8 Å². The highest BCUT2D eigenvalue weighted by molar-refractivity contribution is 7.99. The molecule has 2 fully saturated rings. The summed E-state index contributed by atoms with van der Waals surface area (Å²) in [5.74, 6) is -1.52. The van der Waals surface area contributed by atoms with Crippen LogP contribution in [0.3, 0.4) is 0 Å². The van der Waals surface area contributed by atoms with E-state index in [1.165, 1.54) is 0 Å². The first-order valence-corrected chi connectivity index (χ1v) is 15.8. The van der Waals surface area contributed by atoms with Crippen LogP contribution >= 0.6 is 11.8 Å². The van der Waals surface area contributed by atoms with E-state index in [1.54, 1.807) is 7.11 Å². The summed E-state index contributed by atoms with van der Waals surface area (Å²) in [6.45, 7) is 5.81. The molecule has 0 amide bonds. The molecule has 0 aliphatic carbocycles. The van der Waals surface area contributed by atoms with E-state index in [-0.39, 0.29) is 16.9 Å². The van der Waals surface area contributed by atoms with Gasteiger partial charge in [0.15, 0.2) is 0 Å². The zero-order chi connectivity index (χ0) is 30.4. The topological polar surface area (TPSA) is 78.3 Å². The van der Waals surface area contributed by atoms with Crippen LogP contribution < -0.4 is 4.74 Å². The van der Waals surface area contributed by atoms with Gasteiger partial charge in [-0.05, 0) is 73.5 Å². The maximum absolute atomic E-state index is 14.0. The molecule has 7 nitrogen and oxygen atoms in total. The van der Waals surface area contributed by atoms with Crippen LogP contribution in [0.4, 0.5) is 13.2 Å². The van der Waals surface area contributed by atoms with Crippen molar-refractivity contribution >= 4 is 22.7 Å². The van der Waals surface area contributed by atoms with Crippen molar-refractivity contribution in [2.24, 2.45) is 5.41 Å². The van der Waals surface area contributed by atoms with E-state index in [0.29, 0.717) is 62.8 Å². The van der Waals surface area contributed by atoms with Crippen molar-refractivity contribution in [3.63, 3.8) is 0 Å². The number of piperidine rings is 1. The van der Waals surface area contributed by atoms with Crippen LogP contribution in [-0.2, 0) is 11.3 Å². The number of thioether (sulfide) groups is 1. The molecular formula is C32H40F3N3O4S. The predicted octanol–water partition coefficient (Wildman–Crippen LogP) is 5.17. The number of aromatic nitrogens is 1. The Morgan fingerprint density at radius 1 is 1.05 bits per heavy atom. The van der Waals surface area contributed by atoms with Crippen LogP contribution in [0.5, 0.6) is 5.75 Å². The summed E-state index contributed by atoms with van der Waals surface area (Å²) in [6.07, 6.45) is 3.78. The summed E-state index contributed by atoms with van der Waals surface area (Å²) in [5, 5.41) is 23.0. The summed E-state index contributed by atoms with van der Waals surface area (Å²) in [6, 6.07) is 7.11. The SMILES string of the molecule is COc1ccc2ncc(CN3CCOCC3)c([C@@H](O)CCC3(CO)CCN(CCSc4c(F)cc(F)cc4F)CC3)c2c1. The van der Waals surface area contributed by atoms with Crippen LogP contribution in [0.2, 0.25) is 0 Å². The second kappa shape index (κ2) is 14.6. The molecule has 1 aromatic heterocycles. The van der Waals surface area contributed by atoms with E-state index in [2.05, 4.69) is 14.8 Å². The van der Waals surface area contributed by atoms with Crippen molar-refractivity contribution in [3.8, 4) is 5.75 Å². The number of hydrogen-bond donors (Lipinski definition) is 2. The molecule has 11 heteroatoms. The van der Waals surface area contributed by atoms with Gasteiger partial charge in [-0.25, -0.2) is 13.2 Å². The van der Waals surface area contributed by atoms with E-state index >= 15 is 0 Å². The highest BCUT2D eigenvalue weighted by atomic mass is 32.2. The molecule has 0 unspecified atom stereocenters.